The lowest BCUT2D eigenvalue weighted by molar-refractivity contribution is 1.27. The minimum Gasteiger partial charge on any atom is -0.354 e. The van der Waals surface area contributed by atoms with Gasteiger partial charge in [-0.1, -0.05) is 112 Å². The van der Waals surface area contributed by atoms with Gasteiger partial charge in [-0.2, -0.15) is 0 Å². The Morgan fingerprint density at radius 1 is 0.288 bits per heavy atom. The van der Waals surface area contributed by atoms with E-state index in [1.165, 1.54) is 0 Å². The molecule has 250 valence electrons. The van der Waals surface area contributed by atoms with Gasteiger partial charge >= 0.3 is 0 Å². The Bertz CT molecular complexity index is 2600. The van der Waals surface area contributed by atoms with Gasteiger partial charge in [-0.3, -0.25) is 0 Å². The molecule has 0 radical (unpaired) electrons. The minimum absolute atomic E-state index is 0.852. The normalized spacial score (nSPS) is 12.1. The lowest BCUT2D eigenvalue weighted by Crippen LogP contribution is -1.91. The highest BCUT2D eigenvalue weighted by Gasteiger charge is 2.19. The van der Waals surface area contributed by atoms with Crippen molar-refractivity contribution in [3.8, 4) is 44.5 Å². The Balaban J connectivity index is 1.47. The van der Waals surface area contributed by atoms with Gasteiger partial charge in [0, 0.05) is 62.2 Å². The van der Waals surface area contributed by atoms with Crippen molar-refractivity contribution in [2.45, 2.75) is 0 Å². The number of fused-ring (bicyclic) bond motifs is 8. The van der Waals surface area contributed by atoms with Crippen molar-refractivity contribution in [3.63, 3.8) is 0 Å². The SMILES string of the molecule is Brc1ccc(-c2c3nc(c(-c4ccc(Br)cc4)c4ccc([nH]4)c(-c4ccc(Br)cc4)c4ccc([nH]4)c(-c4ccc(Br)cc4)c4nc2C=C4)C=C3)cc1. The van der Waals surface area contributed by atoms with Crippen LogP contribution in [-0.4, -0.2) is 19.9 Å². The van der Waals surface area contributed by atoms with Crippen LogP contribution in [0.15, 0.2) is 139 Å². The Hall–Kier alpha value is -4.60. The summed E-state index contributed by atoms with van der Waals surface area (Å²) in [5.41, 5.74) is 15.6. The molecular weight excluding hydrogens is 904 g/mol. The number of aromatic nitrogens is 4. The Morgan fingerprint density at radius 2 is 0.538 bits per heavy atom. The van der Waals surface area contributed by atoms with Gasteiger partial charge in [0.05, 0.1) is 22.8 Å². The molecule has 2 N–H and O–H groups in total. The first kappa shape index (κ1) is 33.3. The van der Waals surface area contributed by atoms with E-state index >= 15 is 0 Å². The number of rotatable bonds is 4. The van der Waals surface area contributed by atoms with Gasteiger partial charge in [-0.25, -0.2) is 9.97 Å². The summed E-state index contributed by atoms with van der Waals surface area (Å²) in [7, 11) is 0. The molecule has 4 nitrogen and oxygen atoms in total. The molecule has 0 saturated carbocycles. The predicted octanol–water partition coefficient (Wildman–Crippen LogP) is 14.4. The second kappa shape index (κ2) is 13.7. The fourth-order valence-corrected chi connectivity index (χ4v) is 7.94. The van der Waals surface area contributed by atoms with E-state index in [4.69, 9.17) is 9.97 Å². The second-order valence-corrected chi connectivity index (χ2v) is 16.2. The molecule has 9 rings (SSSR count). The van der Waals surface area contributed by atoms with Crippen LogP contribution < -0.4 is 0 Å². The maximum Gasteiger partial charge on any atom is 0.0738 e. The summed E-state index contributed by atoms with van der Waals surface area (Å²) < 4.78 is 4.07. The highest BCUT2D eigenvalue weighted by atomic mass is 79.9. The highest BCUT2D eigenvalue weighted by Crippen LogP contribution is 2.39. The first-order chi connectivity index (χ1) is 25.4. The van der Waals surface area contributed by atoms with E-state index in [2.05, 4.69) is 219 Å². The molecule has 5 heterocycles. The molecule has 0 saturated heterocycles. The van der Waals surface area contributed by atoms with Crippen molar-refractivity contribution in [3.05, 3.63) is 162 Å². The van der Waals surface area contributed by atoms with Crippen LogP contribution in [-0.2, 0) is 0 Å². The van der Waals surface area contributed by atoms with Crippen molar-refractivity contribution in [2.75, 3.05) is 0 Å². The number of hydrogen-bond donors (Lipinski definition) is 2. The molecule has 8 heteroatoms. The standard InChI is InChI=1S/C44H26Br4N4/c45-29-9-1-25(2-10-29)41-33-17-19-35(49-33)42(26-3-11-30(46)12-4-26)37-21-23-39(51-37)44(28-7-15-32(48)16-8-28)40-24-22-38(52-40)43(36-20-18-34(41)50-36)27-5-13-31(47)14-6-27/h1-24,49-50H. The summed E-state index contributed by atoms with van der Waals surface area (Å²) in [5.74, 6) is 0. The summed E-state index contributed by atoms with van der Waals surface area (Å²) in [4.78, 5) is 18.4. The van der Waals surface area contributed by atoms with Gasteiger partial charge in [0.25, 0.3) is 0 Å². The summed E-state index contributed by atoms with van der Waals surface area (Å²) in [6, 6.07) is 42.3. The van der Waals surface area contributed by atoms with Crippen LogP contribution in [0.5, 0.6) is 0 Å². The molecular formula is C44H26Br4N4. The first-order valence-corrected chi connectivity index (χ1v) is 19.8. The Labute approximate surface area is 334 Å². The molecule has 7 aromatic rings. The van der Waals surface area contributed by atoms with Gasteiger partial charge in [0.1, 0.15) is 0 Å². The van der Waals surface area contributed by atoms with Crippen LogP contribution in [0.1, 0.15) is 22.8 Å². The number of H-pyrrole nitrogens is 2. The van der Waals surface area contributed by atoms with E-state index in [0.29, 0.717) is 0 Å². The van der Waals surface area contributed by atoms with Crippen LogP contribution in [0, 0.1) is 0 Å². The van der Waals surface area contributed by atoms with Gasteiger partial charge in [0.15, 0.2) is 0 Å². The van der Waals surface area contributed by atoms with Crippen molar-refractivity contribution in [1.82, 2.24) is 19.9 Å². The van der Waals surface area contributed by atoms with Gasteiger partial charge in [-0.05, 0) is 119 Å². The summed E-state index contributed by atoms with van der Waals surface area (Å²) >= 11 is 14.5. The third kappa shape index (κ3) is 6.28. The average Bonchev–Trinajstić information content (AvgIpc) is 3.99. The zero-order valence-electron chi connectivity index (χ0n) is 27.3. The van der Waals surface area contributed by atoms with Crippen LogP contribution >= 0.6 is 63.7 Å². The summed E-state index contributed by atoms with van der Waals surface area (Å²) in [6.07, 6.45) is 8.45. The van der Waals surface area contributed by atoms with Crippen molar-refractivity contribution < 1.29 is 0 Å². The molecule has 2 aliphatic heterocycles. The van der Waals surface area contributed by atoms with Crippen LogP contribution in [0.2, 0.25) is 0 Å². The lowest BCUT2D eigenvalue weighted by atomic mass is 10.0. The molecule has 0 atom stereocenters. The fraction of sp³-hybridized carbons (Fsp3) is 0. The molecule has 2 aliphatic rings. The smallest absolute Gasteiger partial charge is 0.0738 e. The molecule has 0 fully saturated rings. The minimum atomic E-state index is 0.852. The molecule has 8 bridgehead atoms. The molecule has 0 amide bonds. The quantitative estimate of drug-likeness (QED) is 0.185. The van der Waals surface area contributed by atoms with Crippen LogP contribution in [0.3, 0.4) is 0 Å². The van der Waals surface area contributed by atoms with E-state index in [0.717, 1.165) is 107 Å². The summed E-state index contributed by atoms with van der Waals surface area (Å²) in [6.45, 7) is 0. The zero-order chi connectivity index (χ0) is 35.3. The van der Waals surface area contributed by atoms with E-state index in [1.54, 1.807) is 0 Å². The Morgan fingerprint density at radius 3 is 0.865 bits per heavy atom. The van der Waals surface area contributed by atoms with Gasteiger partial charge in [-0.15, -0.1) is 0 Å². The predicted molar refractivity (Wildman–Crippen MR) is 231 cm³/mol. The molecule has 4 aromatic carbocycles. The van der Waals surface area contributed by atoms with Crippen molar-refractivity contribution in [2.24, 2.45) is 0 Å². The highest BCUT2D eigenvalue weighted by molar-refractivity contribution is 9.11. The number of hydrogen-bond acceptors (Lipinski definition) is 2. The largest absolute Gasteiger partial charge is 0.354 e. The Kier molecular flexibility index (Phi) is 8.79. The molecule has 3 aromatic heterocycles. The van der Waals surface area contributed by atoms with E-state index in [-0.39, 0.29) is 0 Å². The van der Waals surface area contributed by atoms with Crippen molar-refractivity contribution in [1.29, 1.82) is 0 Å². The number of aromatic amines is 2. The van der Waals surface area contributed by atoms with Gasteiger partial charge in [0.2, 0.25) is 0 Å². The molecule has 0 unspecified atom stereocenters. The van der Waals surface area contributed by atoms with Crippen molar-refractivity contribution >= 4 is 110 Å². The molecule has 52 heavy (non-hydrogen) atoms. The molecule has 0 spiro atoms. The average molecular weight is 930 g/mol. The first-order valence-electron chi connectivity index (χ1n) is 16.6. The molecule has 0 aliphatic carbocycles. The number of nitrogens with one attached hydrogen (secondary N) is 2. The topological polar surface area (TPSA) is 57.4 Å². The third-order valence-electron chi connectivity index (χ3n) is 9.29. The second-order valence-electron chi connectivity index (χ2n) is 12.5. The summed E-state index contributed by atoms with van der Waals surface area (Å²) in [5, 5.41) is 0. The lowest BCUT2D eigenvalue weighted by Gasteiger charge is -2.07. The third-order valence-corrected chi connectivity index (χ3v) is 11.4. The maximum atomic E-state index is 5.37. The zero-order valence-corrected chi connectivity index (χ0v) is 33.6. The van der Waals surface area contributed by atoms with E-state index < -0.39 is 0 Å². The number of benzene rings is 4. The number of halogens is 4. The van der Waals surface area contributed by atoms with Gasteiger partial charge < -0.3 is 9.97 Å². The number of nitrogens with zero attached hydrogens (tertiary/aromatic N) is 2. The fourth-order valence-electron chi connectivity index (χ4n) is 6.89. The van der Waals surface area contributed by atoms with E-state index in [1.807, 2.05) is 0 Å². The maximum absolute atomic E-state index is 5.37. The monoisotopic (exact) mass is 926 g/mol. The van der Waals surface area contributed by atoms with E-state index in [9.17, 15) is 0 Å². The van der Waals surface area contributed by atoms with Crippen LogP contribution in [0.4, 0.5) is 0 Å². The van der Waals surface area contributed by atoms with Crippen LogP contribution in [0.25, 0.3) is 90.9 Å².